The van der Waals surface area contributed by atoms with Gasteiger partial charge in [-0.3, -0.25) is 4.57 Å². The van der Waals surface area contributed by atoms with Crippen molar-refractivity contribution in [3.05, 3.63) is 175 Å². The molecule has 2 aliphatic rings. The summed E-state index contributed by atoms with van der Waals surface area (Å²) in [6, 6.07) is 56.0. The van der Waals surface area contributed by atoms with E-state index in [1.165, 1.54) is 49.9 Å². The first-order chi connectivity index (χ1) is 25.3. The van der Waals surface area contributed by atoms with E-state index in [9.17, 15) is 0 Å². The van der Waals surface area contributed by atoms with Crippen molar-refractivity contribution < 1.29 is 0 Å². The Hall–Kier alpha value is -6.53. The molecule has 0 bridgehead atoms. The van der Waals surface area contributed by atoms with E-state index in [-0.39, 0.29) is 12.0 Å². The maximum Gasteiger partial charge on any atom is 0.240 e. The molecule has 1 aliphatic heterocycles. The van der Waals surface area contributed by atoms with Gasteiger partial charge in [0.1, 0.15) is 0 Å². The molecule has 2 atom stereocenters. The average Bonchev–Trinajstić information content (AvgIpc) is 3.83. The predicted octanol–water partition coefficient (Wildman–Crippen LogP) is 9.98. The van der Waals surface area contributed by atoms with Gasteiger partial charge >= 0.3 is 0 Å². The molecule has 242 valence electrons. The zero-order valence-electron chi connectivity index (χ0n) is 27.8. The largest absolute Gasteiger partial charge is 0.313 e. The molecule has 6 nitrogen and oxygen atoms in total. The van der Waals surface area contributed by atoms with Gasteiger partial charge in [0.25, 0.3) is 0 Å². The quantitative estimate of drug-likeness (QED) is 0.189. The molecular weight excluding hydrogens is 625 g/mol. The summed E-state index contributed by atoms with van der Waals surface area (Å²) in [7, 11) is 0. The van der Waals surface area contributed by atoms with Crippen LogP contribution in [0.2, 0.25) is 0 Å². The molecule has 0 saturated heterocycles. The fourth-order valence-electron chi connectivity index (χ4n) is 8.83. The number of rotatable bonds is 4. The Morgan fingerprint density at radius 1 is 0.471 bits per heavy atom. The number of anilines is 2. The third-order valence-electron chi connectivity index (χ3n) is 11.0. The fourth-order valence-corrected chi connectivity index (χ4v) is 8.83. The molecule has 0 spiro atoms. The van der Waals surface area contributed by atoms with Crippen LogP contribution in [-0.4, -0.2) is 30.1 Å². The van der Waals surface area contributed by atoms with Crippen LogP contribution in [0, 0.1) is 0 Å². The summed E-state index contributed by atoms with van der Waals surface area (Å²) in [5, 5.41) is 3.69. The highest BCUT2D eigenvalue weighted by Gasteiger charge is 2.45. The van der Waals surface area contributed by atoms with E-state index in [0.29, 0.717) is 17.7 Å². The van der Waals surface area contributed by atoms with Gasteiger partial charge in [0.2, 0.25) is 11.9 Å². The van der Waals surface area contributed by atoms with Crippen LogP contribution < -0.4 is 4.90 Å². The average molecular weight is 657 g/mol. The molecule has 6 heteroatoms. The van der Waals surface area contributed by atoms with Gasteiger partial charge < -0.3 is 9.47 Å². The van der Waals surface area contributed by atoms with Gasteiger partial charge in [-0.25, -0.2) is 0 Å². The lowest BCUT2D eigenvalue weighted by Gasteiger charge is -2.33. The standard InChI is InChI=1S/C45H32N6/c1-3-15-29(16-4-1)43-46-44(50-38-24-12-7-19-31(38)32-20-8-13-25-39(32)50)48-45(47-43)51-40-26-14-10-22-34(40)36-27-35-33-21-9-11-23-37(33)49(41(35)28-42(36)51)30-17-5-2-6-18-30/h1-26,36,42H,27-28H2. The first-order valence-corrected chi connectivity index (χ1v) is 17.7. The van der Waals surface area contributed by atoms with Crippen molar-refractivity contribution in [2.45, 2.75) is 24.8 Å². The number of hydrogen-bond donors (Lipinski definition) is 0. The maximum atomic E-state index is 5.41. The molecule has 0 fully saturated rings. The molecule has 0 saturated carbocycles. The van der Waals surface area contributed by atoms with Crippen molar-refractivity contribution in [1.29, 1.82) is 0 Å². The van der Waals surface area contributed by atoms with E-state index in [0.717, 1.165) is 29.4 Å². The number of nitrogens with zero attached hydrogens (tertiary/aromatic N) is 6. The van der Waals surface area contributed by atoms with E-state index in [2.05, 4.69) is 154 Å². The van der Waals surface area contributed by atoms with Gasteiger partial charge in [-0.1, -0.05) is 121 Å². The Kier molecular flexibility index (Phi) is 6.10. The van der Waals surface area contributed by atoms with Crippen molar-refractivity contribution in [1.82, 2.24) is 24.1 Å². The smallest absolute Gasteiger partial charge is 0.240 e. The van der Waals surface area contributed by atoms with Gasteiger partial charge in [-0.05, 0) is 53.9 Å². The summed E-state index contributed by atoms with van der Waals surface area (Å²) in [4.78, 5) is 18.3. The van der Waals surface area contributed by atoms with Gasteiger partial charge in [0.05, 0.1) is 16.6 Å². The van der Waals surface area contributed by atoms with E-state index >= 15 is 0 Å². The molecule has 0 amide bonds. The number of benzene rings is 6. The highest BCUT2D eigenvalue weighted by Crippen LogP contribution is 2.51. The second-order valence-corrected chi connectivity index (χ2v) is 13.6. The van der Waals surface area contributed by atoms with Crippen molar-refractivity contribution in [3.63, 3.8) is 0 Å². The van der Waals surface area contributed by atoms with Gasteiger partial charge in [-0.2, -0.15) is 15.0 Å². The Morgan fingerprint density at radius 2 is 1.04 bits per heavy atom. The normalized spacial score (nSPS) is 16.4. The van der Waals surface area contributed by atoms with Crippen LogP contribution in [0.1, 0.15) is 22.7 Å². The number of fused-ring (bicyclic) bond motifs is 9. The molecule has 9 aromatic rings. The SMILES string of the molecule is c1ccc(-c2nc(N3c4ccccc4C4Cc5c(n(-c6ccccc6)c6ccccc56)CC43)nc(-n3c4ccccc4c4ccccc43)n2)cc1. The lowest BCUT2D eigenvalue weighted by Crippen LogP contribution is -2.38. The minimum atomic E-state index is 0.124. The molecule has 3 aromatic heterocycles. The van der Waals surface area contributed by atoms with Crippen LogP contribution in [0.5, 0.6) is 0 Å². The molecule has 4 heterocycles. The van der Waals surface area contributed by atoms with Crippen LogP contribution in [0.15, 0.2) is 158 Å². The molecule has 11 rings (SSSR count). The van der Waals surface area contributed by atoms with Crippen molar-refractivity contribution in [2.24, 2.45) is 0 Å². The van der Waals surface area contributed by atoms with Gasteiger partial charge in [0.15, 0.2) is 5.82 Å². The van der Waals surface area contributed by atoms with E-state index in [1.807, 2.05) is 18.2 Å². The molecular formula is C45H32N6. The highest BCUT2D eigenvalue weighted by molar-refractivity contribution is 6.09. The maximum absolute atomic E-state index is 5.41. The van der Waals surface area contributed by atoms with Crippen molar-refractivity contribution in [2.75, 3.05) is 4.90 Å². The Bertz CT molecular complexity index is 2730. The fraction of sp³-hybridized carbons (Fsp3) is 0.0889. The van der Waals surface area contributed by atoms with Crippen LogP contribution in [-0.2, 0) is 12.8 Å². The first-order valence-electron chi connectivity index (χ1n) is 17.7. The lowest BCUT2D eigenvalue weighted by atomic mass is 9.80. The van der Waals surface area contributed by atoms with E-state index in [1.54, 1.807) is 0 Å². The second kappa shape index (κ2) is 11.0. The Labute approximate surface area is 294 Å². The summed E-state index contributed by atoms with van der Waals surface area (Å²) < 4.78 is 4.68. The minimum Gasteiger partial charge on any atom is -0.313 e. The molecule has 1 aliphatic carbocycles. The van der Waals surface area contributed by atoms with Crippen molar-refractivity contribution >= 4 is 44.3 Å². The number of aromatic nitrogens is 5. The summed E-state index contributed by atoms with van der Waals surface area (Å²) in [6.07, 6.45) is 1.81. The summed E-state index contributed by atoms with van der Waals surface area (Å²) in [5.74, 6) is 2.24. The molecule has 0 radical (unpaired) electrons. The highest BCUT2D eigenvalue weighted by atomic mass is 15.3. The monoisotopic (exact) mass is 656 g/mol. The van der Waals surface area contributed by atoms with E-state index < -0.39 is 0 Å². The van der Waals surface area contributed by atoms with Crippen LogP contribution in [0.4, 0.5) is 11.6 Å². The summed E-state index contributed by atoms with van der Waals surface area (Å²) >= 11 is 0. The third kappa shape index (κ3) is 4.20. The minimum absolute atomic E-state index is 0.124. The lowest BCUT2D eigenvalue weighted by molar-refractivity contribution is 0.507. The van der Waals surface area contributed by atoms with Crippen LogP contribution in [0.25, 0.3) is 55.7 Å². The molecule has 0 N–H and O–H groups in total. The van der Waals surface area contributed by atoms with Crippen molar-refractivity contribution in [3.8, 4) is 23.0 Å². The molecule has 51 heavy (non-hydrogen) atoms. The van der Waals surface area contributed by atoms with Gasteiger partial charge in [0, 0.05) is 57.2 Å². The van der Waals surface area contributed by atoms with E-state index in [4.69, 9.17) is 15.0 Å². The summed E-state index contributed by atoms with van der Waals surface area (Å²) in [6.45, 7) is 0. The summed E-state index contributed by atoms with van der Waals surface area (Å²) in [5.41, 5.74) is 10.9. The third-order valence-corrected chi connectivity index (χ3v) is 11.0. The topological polar surface area (TPSA) is 51.8 Å². The van der Waals surface area contributed by atoms with Gasteiger partial charge in [-0.15, -0.1) is 0 Å². The predicted molar refractivity (Wildman–Crippen MR) is 205 cm³/mol. The van der Waals surface area contributed by atoms with Crippen LogP contribution in [0.3, 0.4) is 0 Å². The van der Waals surface area contributed by atoms with Crippen LogP contribution >= 0.6 is 0 Å². The zero-order chi connectivity index (χ0) is 33.5. The molecule has 2 unspecified atom stereocenters. The number of para-hydroxylation sites is 5. The Balaban J connectivity index is 1.15. The zero-order valence-corrected chi connectivity index (χ0v) is 27.8. The molecule has 6 aromatic carbocycles. The Morgan fingerprint density at radius 3 is 1.76 bits per heavy atom. The second-order valence-electron chi connectivity index (χ2n) is 13.6. The number of hydrogen-bond acceptors (Lipinski definition) is 4. The first kappa shape index (κ1) is 28.3.